The van der Waals surface area contributed by atoms with Crippen molar-refractivity contribution >= 4 is 11.7 Å². The van der Waals surface area contributed by atoms with Gasteiger partial charge in [0, 0.05) is 23.5 Å². The molecule has 0 aliphatic heterocycles. The lowest BCUT2D eigenvalue weighted by atomic mass is 10.2. The van der Waals surface area contributed by atoms with Gasteiger partial charge in [0.1, 0.15) is 17.3 Å². The summed E-state index contributed by atoms with van der Waals surface area (Å²) in [5, 5.41) is 6.37. The molecule has 4 aromatic rings. The highest BCUT2D eigenvalue weighted by atomic mass is 19.4. The Hall–Kier alpha value is -4.42. The summed E-state index contributed by atoms with van der Waals surface area (Å²) < 4.78 is 82.4. The van der Waals surface area contributed by atoms with E-state index < -0.39 is 29.9 Å². The monoisotopic (exact) mass is 493 g/mol. The number of ether oxygens (including phenoxy) is 1. The van der Waals surface area contributed by atoms with E-state index in [0.717, 1.165) is 24.4 Å². The molecule has 0 radical (unpaired) electrons. The normalized spacial score (nSPS) is 11.8. The zero-order valence-electron chi connectivity index (χ0n) is 17.3. The second kappa shape index (κ2) is 9.08. The summed E-state index contributed by atoms with van der Waals surface area (Å²) in [5.41, 5.74) is -0.804. The van der Waals surface area contributed by atoms with Crippen LogP contribution in [0.15, 0.2) is 73.2 Å². The average molecular weight is 493 g/mol. The van der Waals surface area contributed by atoms with E-state index in [1.807, 2.05) is 0 Å². The van der Waals surface area contributed by atoms with Crippen molar-refractivity contribution in [3.05, 3.63) is 84.4 Å². The topological polar surface area (TPSA) is 81.9 Å². The van der Waals surface area contributed by atoms with Gasteiger partial charge in [0.2, 0.25) is 0 Å². The number of amides is 1. The van der Waals surface area contributed by atoms with E-state index in [4.69, 9.17) is 0 Å². The lowest BCUT2D eigenvalue weighted by molar-refractivity contribution is -0.274. The average Bonchev–Trinajstić information content (AvgIpc) is 3.25. The number of hydrogen-bond acceptors (Lipinski definition) is 5. The molecule has 0 unspecified atom stereocenters. The maximum atomic E-state index is 13.6. The number of nitrogens with zero attached hydrogens (tertiary/aromatic N) is 4. The van der Waals surface area contributed by atoms with Gasteiger partial charge < -0.3 is 10.1 Å². The predicted molar refractivity (Wildman–Crippen MR) is 111 cm³/mol. The van der Waals surface area contributed by atoms with Gasteiger partial charge in [-0.2, -0.15) is 18.3 Å². The minimum absolute atomic E-state index is 0.0361. The molecule has 3 heterocycles. The molecule has 7 nitrogen and oxygen atoms in total. The molecule has 0 saturated carbocycles. The molecule has 35 heavy (non-hydrogen) atoms. The molecule has 0 spiro atoms. The first-order valence-electron chi connectivity index (χ1n) is 9.71. The van der Waals surface area contributed by atoms with Gasteiger partial charge in [-0.1, -0.05) is 6.07 Å². The molecule has 0 fully saturated rings. The summed E-state index contributed by atoms with van der Waals surface area (Å²) >= 11 is 0. The number of benzene rings is 1. The van der Waals surface area contributed by atoms with Crippen LogP contribution in [-0.4, -0.2) is 32.0 Å². The van der Waals surface area contributed by atoms with E-state index in [0.29, 0.717) is 10.2 Å². The maximum absolute atomic E-state index is 13.6. The second-order valence-corrected chi connectivity index (χ2v) is 7.00. The number of carbonyl (C=O) groups is 1. The van der Waals surface area contributed by atoms with E-state index in [2.05, 4.69) is 25.1 Å². The zero-order chi connectivity index (χ0) is 25.2. The highest BCUT2D eigenvalue weighted by molar-refractivity contribution is 6.04. The fourth-order valence-corrected chi connectivity index (χ4v) is 3.04. The summed E-state index contributed by atoms with van der Waals surface area (Å²) in [7, 11) is 0. The van der Waals surface area contributed by atoms with Gasteiger partial charge in [0.05, 0.1) is 17.6 Å². The van der Waals surface area contributed by atoms with Crippen LogP contribution in [0, 0.1) is 0 Å². The molecular formula is C22H13F6N5O2. The maximum Gasteiger partial charge on any atom is 0.573 e. The molecule has 1 amide bonds. The van der Waals surface area contributed by atoms with Crippen molar-refractivity contribution in [3.63, 3.8) is 0 Å². The molecule has 4 rings (SSSR count). The molecule has 0 atom stereocenters. The van der Waals surface area contributed by atoms with E-state index in [1.165, 1.54) is 36.7 Å². The van der Waals surface area contributed by atoms with Gasteiger partial charge in [-0.15, -0.1) is 13.2 Å². The second-order valence-electron chi connectivity index (χ2n) is 7.00. The van der Waals surface area contributed by atoms with Gasteiger partial charge in [0.25, 0.3) is 5.91 Å². The first-order valence-corrected chi connectivity index (χ1v) is 9.71. The van der Waals surface area contributed by atoms with Crippen LogP contribution in [-0.2, 0) is 6.18 Å². The number of aromatic nitrogens is 4. The third-order valence-electron chi connectivity index (χ3n) is 4.52. The smallest absolute Gasteiger partial charge is 0.406 e. The van der Waals surface area contributed by atoms with Crippen molar-refractivity contribution in [3.8, 4) is 22.7 Å². The predicted octanol–water partition coefficient (Wildman–Crippen LogP) is 5.50. The van der Waals surface area contributed by atoms with Gasteiger partial charge in [0.15, 0.2) is 0 Å². The van der Waals surface area contributed by atoms with E-state index in [1.54, 1.807) is 12.1 Å². The van der Waals surface area contributed by atoms with Gasteiger partial charge >= 0.3 is 12.5 Å². The molecular weight excluding hydrogens is 480 g/mol. The van der Waals surface area contributed by atoms with E-state index in [-0.39, 0.29) is 22.8 Å². The van der Waals surface area contributed by atoms with Crippen molar-refractivity contribution in [1.82, 2.24) is 19.7 Å². The summed E-state index contributed by atoms with van der Waals surface area (Å²) in [6.45, 7) is 0. The molecule has 13 heteroatoms. The van der Waals surface area contributed by atoms with Crippen LogP contribution in [0.25, 0.3) is 16.9 Å². The van der Waals surface area contributed by atoms with Crippen LogP contribution >= 0.6 is 0 Å². The number of alkyl halides is 6. The Morgan fingerprint density at radius 3 is 2.37 bits per heavy atom. The van der Waals surface area contributed by atoms with Crippen LogP contribution in [0.2, 0.25) is 0 Å². The van der Waals surface area contributed by atoms with Crippen LogP contribution in [0.4, 0.5) is 32.2 Å². The number of carbonyl (C=O) groups excluding carboxylic acids is 1. The van der Waals surface area contributed by atoms with Crippen LogP contribution in [0.5, 0.6) is 5.75 Å². The number of halogens is 6. The largest absolute Gasteiger partial charge is 0.573 e. The van der Waals surface area contributed by atoms with Crippen molar-refractivity contribution in [2.75, 3.05) is 5.32 Å². The van der Waals surface area contributed by atoms with Crippen molar-refractivity contribution in [1.29, 1.82) is 0 Å². The summed E-state index contributed by atoms with van der Waals surface area (Å²) in [6, 6.07) is 10.8. The third kappa shape index (κ3) is 5.75. The van der Waals surface area contributed by atoms with Crippen molar-refractivity contribution < 1.29 is 35.9 Å². The number of nitrogens with one attached hydrogen (secondary N) is 1. The van der Waals surface area contributed by atoms with Crippen LogP contribution in [0.3, 0.4) is 0 Å². The Morgan fingerprint density at radius 2 is 1.74 bits per heavy atom. The quantitative estimate of drug-likeness (QED) is 0.372. The highest BCUT2D eigenvalue weighted by Gasteiger charge is 2.36. The Morgan fingerprint density at radius 1 is 0.943 bits per heavy atom. The van der Waals surface area contributed by atoms with Gasteiger partial charge in [-0.3, -0.25) is 9.78 Å². The summed E-state index contributed by atoms with van der Waals surface area (Å²) in [6.07, 6.45) is -5.73. The number of pyridine rings is 2. The molecule has 0 aliphatic rings. The Bertz CT molecular complexity index is 1340. The molecule has 0 aliphatic carbocycles. The van der Waals surface area contributed by atoms with E-state index >= 15 is 0 Å². The van der Waals surface area contributed by atoms with Gasteiger partial charge in [-0.25, -0.2) is 9.67 Å². The summed E-state index contributed by atoms with van der Waals surface area (Å²) in [5.74, 6) is -1.43. The zero-order valence-corrected chi connectivity index (χ0v) is 17.3. The summed E-state index contributed by atoms with van der Waals surface area (Å²) in [4.78, 5) is 20.2. The molecule has 180 valence electrons. The molecule has 1 aromatic carbocycles. The molecule has 0 bridgehead atoms. The lowest BCUT2D eigenvalue weighted by Gasteiger charge is -2.11. The van der Waals surface area contributed by atoms with Crippen molar-refractivity contribution in [2.45, 2.75) is 12.5 Å². The van der Waals surface area contributed by atoms with Crippen LogP contribution < -0.4 is 10.1 Å². The fraction of sp³-hybridized carbons (Fsp3) is 0.0909. The van der Waals surface area contributed by atoms with Gasteiger partial charge in [-0.05, 0) is 48.5 Å². The molecule has 3 aromatic heterocycles. The fourth-order valence-electron chi connectivity index (χ4n) is 3.04. The minimum Gasteiger partial charge on any atom is -0.406 e. The Kier molecular flexibility index (Phi) is 6.16. The van der Waals surface area contributed by atoms with Crippen LogP contribution in [0.1, 0.15) is 16.1 Å². The Balaban J connectivity index is 1.56. The lowest BCUT2D eigenvalue weighted by Crippen LogP contribution is -2.18. The number of rotatable bonds is 5. The standard InChI is InChI=1S/C22H13F6N5O2/c23-21(24,25)18-10-17(14-4-2-8-29-11-14)32-33(18)15-6-7-19(30-12-15)31-20(34)13-3-1-5-16(9-13)35-22(26,27)28/h1-12H,(H,30,31,34). The molecule has 0 saturated heterocycles. The number of hydrogen-bond donors (Lipinski definition) is 1. The first kappa shape index (κ1) is 23.7. The third-order valence-corrected chi connectivity index (χ3v) is 4.52. The highest BCUT2D eigenvalue weighted by Crippen LogP contribution is 2.34. The number of anilines is 1. The SMILES string of the molecule is O=C(Nc1ccc(-n2nc(-c3cccnc3)cc2C(F)(F)F)cn1)c1cccc(OC(F)(F)F)c1. The molecule has 1 N–H and O–H groups in total. The Labute approximate surface area is 193 Å². The minimum atomic E-state index is -4.93. The first-order chi connectivity index (χ1) is 16.5. The van der Waals surface area contributed by atoms with Crippen molar-refractivity contribution in [2.24, 2.45) is 0 Å². The van der Waals surface area contributed by atoms with E-state index in [9.17, 15) is 31.1 Å².